The van der Waals surface area contributed by atoms with Gasteiger partial charge in [0.2, 0.25) is 11.8 Å². The summed E-state index contributed by atoms with van der Waals surface area (Å²) in [5.41, 5.74) is 1.21. The quantitative estimate of drug-likeness (QED) is 0.668. The highest BCUT2D eigenvalue weighted by atomic mass is 35.5. The van der Waals surface area contributed by atoms with E-state index in [1.54, 1.807) is 31.3 Å². The molecule has 1 atom stereocenters. The minimum atomic E-state index is -2.99. The number of carbonyl (C=O) groups excluding carboxylic acids is 2. The molecule has 0 saturated carbocycles. The van der Waals surface area contributed by atoms with E-state index < -0.39 is 11.9 Å². The number of anilines is 1. The van der Waals surface area contributed by atoms with Gasteiger partial charge in [-0.1, -0.05) is 17.7 Å². The number of alkyl halides is 2. The van der Waals surface area contributed by atoms with Crippen LogP contribution in [0.5, 0.6) is 11.5 Å². The van der Waals surface area contributed by atoms with Gasteiger partial charge < -0.3 is 19.7 Å². The molecular formula is C20H19ClF2N2O4S. The van der Waals surface area contributed by atoms with Crippen molar-refractivity contribution < 1.29 is 27.8 Å². The zero-order valence-corrected chi connectivity index (χ0v) is 17.7. The molecule has 2 amide bonds. The van der Waals surface area contributed by atoms with E-state index in [1.165, 1.54) is 35.9 Å². The molecule has 2 aromatic carbocycles. The SMILES string of the molecule is COc1ccc(CN(C)C(=O)CC2Sc3ccc(Cl)cc3NC2=O)cc1OC(F)F. The number of ether oxygens (including phenoxy) is 2. The zero-order valence-electron chi connectivity index (χ0n) is 16.2. The lowest BCUT2D eigenvalue weighted by atomic mass is 10.1. The van der Waals surface area contributed by atoms with E-state index in [4.69, 9.17) is 16.3 Å². The lowest BCUT2D eigenvalue weighted by Crippen LogP contribution is -2.35. The fraction of sp³-hybridized carbons (Fsp3) is 0.300. The van der Waals surface area contributed by atoms with E-state index in [9.17, 15) is 18.4 Å². The lowest BCUT2D eigenvalue weighted by Gasteiger charge is -2.26. The second-order valence-electron chi connectivity index (χ2n) is 6.55. The van der Waals surface area contributed by atoms with Crippen LogP contribution in [-0.2, 0) is 16.1 Å². The molecule has 3 rings (SSSR count). The van der Waals surface area contributed by atoms with Crippen LogP contribution in [-0.4, -0.2) is 42.7 Å². The predicted molar refractivity (Wildman–Crippen MR) is 110 cm³/mol. The van der Waals surface area contributed by atoms with E-state index in [0.29, 0.717) is 16.3 Å². The maximum Gasteiger partial charge on any atom is 0.387 e. The summed E-state index contributed by atoms with van der Waals surface area (Å²) in [6.07, 6.45) is -0.00832. The summed E-state index contributed by atoms with van der Waals surface area (Å²) >= 11 is 7.24. The van der Waals surface area contributed by atoms with Crippen molar-refractivity contribution in [1.29, 1.82) is 0 Å². The molecule has 10 heteroatoms. The molecule has 30 heavy (non-hydrogen) atoms. The van der Waals surface area contributed by atoms with Gasteiger partial charge in [-0.2, -0.15) is 8.78 Å². The van der Waals surface area contributed by atoms with Crippen molar-refractivity contribution in [1.82, 2.24) is 4.90 Å². The molecule has 160 valence electrons. The Morgan fingerprint density at radius 2 is 2.03 bits per heavy atom. The number of benzene rings is 2. The number of hydrogen-bond donors (Lipinski definition) is 1. The van der Waals surface area contributed by atoms with E-state index in [0.717, 1.165) is 4.90 Å². The highest BCUT2D eigenvalue weighted by Gasteiger charge is 2.30. The molecule has 1 aliphatic heterocycles. The Morgan fingerprint density at radius 3 is 2.73 bits per heavy atom. The average molecular weight is 457 g/mol. The normalized spacial score (nSPS) is 15.4. The second kappa shape index (κ2) is 9.53. The Kier molecular flexibility index (Phi) is 7.04. The van der Waals surface area contributed by atoms with Gasteiger partial charge in [0.15, 0.2) is 11.5 Å². The Morgan fingerprint density at radius 1 is 1.27 bits per heavy atom. The summed E-state index contributed by atoms with van der Waals surface area (Å²) in [6, 6.07) is 9.73. The summed E-state index contributed by atoms with van der Waals surface area (Å²) in [4.78, 5) is 27.3. The highest BCUT2D eigenvalue weighted by molar-refractivity contribution is 8.01. The molecule has 0 saturated heterocycles. The second-order valence-corrected chi connectivity index (χ2v) is 8.23. The molecule has 0 spiro atoms. The van der Waals surface area contributed by atoms with Crippen molar-refractivity contribution in [3.63, 3.8) is 0 Å². The fourth-order valence-electron chi connectivity index (χ4n) is 2.94. The first-order chi connectivity index (χ1) is 14.3. The molecule has 2 aromatic rings. The van der Waals surface area contributed by atoms with Gasteiger partial charge in [0.25, 0.3) is 0 Å². The van der Waals surface area contributed by atoms with Crippen LogP contribution in [0.3, 0.4) is 0 Å². The number of halogens is 3. The zero-order chi connectivity index (χ0) is 21.8. The van der Waals surface area contributed by atoms with E-state index >= 15 is 0 Å². The molecule has 0 aliphatic carbocycles. The van der Waals surface area contributed by atoms with Crippen LogP contribution in [0.15, 0.2) is 41.3 Å². The van der Waals surface area contributed by atoms with Gasteiger partial charge in [0, 0.05) is 29.9 Å². The van der Waals surface area contributed by atoms with Crippen molar-refractivity contribution in [3.8, 4) is 11.5 Å². The number of rotatable bonds is 7. The van der Waals surface area contributed by atoms with Gasteiger partial charge in [-0.15, -0.1) is 11.8 Å². The van der Waals surface area contributed by atoms with Crippen molar-refractivity contribution in [2.75, 3.05) is 19.5 Å². The number of carbonyl (C=O) groups is 2. The molecule has 1 unspecified atom stereocenters. The van der Waals surface area contributed by atoms with E-state index in [1.807, 2.05) is 0 Å². The third-order valence-electron chi connectivity index (χ3n) is 4.41. The van der Waals surface area contributed by atoms with Crippen molar-refractivity contribution in [2.24, 2.45) is 0 Å². The Labute approximate surface area is 181 Å². The standard InChI is InChI=1S/C20H19ClF2N2O4S/c1-25(10-11-3-5-14(28-2)15(7-11)29-20(22)23)18(26)9-17-19(27)24-13-8-12(21)4-6-16(13)30-17/h3-8,17,20H,9-10H2,1-2H3,(H,24,27). The van der Waals surface area contributed by atoms with Crippen LogP contribution in [0.2, 0.25) is 5.02 Å². The van der Waals surface area contributed by atoms with Crippen LogP contribution >= 0.6 is 23.4 Å². The maximum absolute atomic E-state index is 12.6. The fourth-order valence-corrected chi connectivity index (χ4v) is 4.20. The van der Waals surface area contributed by atoms with Gasteiger partial charge in [-0.05, 0) is 35.9 Å². The smallest absolute Gasteiger partial charge is 0.387 e. The van der Waals surface area contributed by atoms with Crippen LogP contribution in [0.25, 0.3) is 0 Å². The molecule has 6 nitrogen and oxygen atoms in total. The number of fused-ring (bicyclic) bond motifs is 1. The van der Waals surface area contributed by atoms with Crippen molar-refractivity contribution in [3.05, 3.63) is 47.0 Å². The first-order valence-corrected chi connectivity index (χ1v) is 10.2. The lowest BCUT2D eigenvalue weighted by molar-refractivity contribution is -0.131. The molecule has 0 radical (unpaired) electrons. The number of nitrogens with one attached hydrogen (secondary N) is 1. The van der Waals surface area contributed by atoms with Crippen LogP contribution in [0, 0.1) is 0 Å². The van der Waals surface area contributed by atoms with Gasteiger partial charge in [0.05, 0.1) is 18.0 Å². The van der Waals surface area contributed by atoms with E-state index in [2.05, 4.69) is 10.1 Å². The minimum absolute atomic E-state index is 0.00832. The minimum Gasteiger partial charge on any atom is -0.493 e. The van der Waals surface area contributed by atoms with Crippen molar-refractivity contribution in [2.45, 2.75) is 29.7 Å². The van der Waals surface area contributed by atoms with Gasteiger partial charge in [-0.3, -0.25) is 9.59 Å². The third-order valence-corrected chi connectivity index (χ3v) is 5.92. The Hall–Kier alpha value is -2.52. The number of hydrogen-bond acceptors (Lipinski definition) is 5. The highest BCUT2D eigenvalue weighted by Crippen LogP contribution is 2.38. The molecule has 1 N–H and O–H groups in total. The molecule has 0 bridgehead atoms. The number of amides is 2. The number of methoxy groups -OCH3 is 1. The molecule has 1 heterocycles. The summed E-state index contributed by atoms with van der Waals surface area (Å²) in [7, 11) is 2.93. The molecule has 1 aliphatic rings. The monoisotopic (exact) mass is 456 g/mol. The third kappa shape index (κ3) is 5.34. The largest absolute Gasteiger partial charge is 0.493 e. The average Bonchev–Trinajstić information content (AvgIpc) is 2.68. The van der Waals surface area contributed by atoms with Gasteiger partial charge in [-0.25, -0.2) is 0 Å². The number of thioether (sulfide) groups is 1. The predicted octanol–water partition coefficient (Wildman–Crippen LogP) is 4.41. The van der Waals surface area contributed by atoms with Crippen LogP contribution < -0.4 is 14.8 Å². The van der Waals surface area contributed by atoms with Gasteiger partial charge in [0.1, 0.15) is 0 Å². The number of nitrogens with zero attached hydrogens (tertiary/aromatic N) is 1. The Balaban J connectivity index is 1.65. The Bertz CT molecular complexity index is 960. The summed E-state index contributed by atoms with van der Waals surface area (Å²) < 4.78 is 34.7. The first kappa shape index (κ1) is 22.2. The topological polar surface area (TPSA) is 67.9 Å². The molecule has 0 aromatic heterocycles. The summed E-state index contributed by atoms with van der Waals surface area (Å²) in [6.45, 7) is -2.83. The molecular weight excluding hydrogens is 438 g/mol. The van der Waals surface area contributed by atoms with Crippen molar-refractivity contribution >= 4 is 40.9 Å². The first-order valence-electron chi connectivity index (χ1n) is 8.89. The van der Waals surface area contributed by atoms with Crippen LogP contribution in [0.1, 0.15) is 12.0 Å². The molecule has 0 fully saturated rings. The van der Waals surface area contributed by atoms with Gasteiger partial charge >= 0.3 is 6.61 Å². The maximum atomic E-state index is 12.6. The van der Waals surface area contributed by atoms with Crippen LogP contribution in [0.4, 0.5) is 14.5 Å². The van der Waals surface area contributed by atoms with E-state index in [-0.39, 0.29) is 36.3 Å². The summed E-state index contributed by atoms with van der Waals surface area (Å²) in [5, 5.41) is 2.70. The summed E-state index contributed by atoms with van der Waals surface area (Å²) in [5.74, 6) is -0.466.